The van der Waals surface area contributed by atoms with Crippen molar-refractivity contribution in [1.82, 2.24) is 21.5 Å². The van der Waals surface area contributed by atoms with Crippen molar-refractivity contribution in [1.29, 1.82) is 0 Å². The molecule has 0 bridgehead atoms. The second-order valence-corrected chi connectivity index (χ2v) is 5.85. The number of furan rings is 1. The van der Waals surface area contributed by atoms with Crippen LogP contribution in [0.15, 0.2) is 34.7 Å². The zero-order valence-electron chi connectivity index (χ0n) is 14.9. The van der Waals surface area contributed by atoms with E-state index in [2.05, 4.69) is 21.5 Å². The Morgan fingerprint density at radius 1 is 0.962 bits per heavy atom. The zero-order valence-corrected chi connectivity index (χ0v) is 14.9. The molecule has 0 atom stereocenters. The van der Waals surface area contributed by atoms with Crippen LogP contribution in [0, 0.1) is 20.8 Å². The van der Waals surface area contributed by atoms with Crippen molar-refractivity contribution in [3.8, 4) is 0 Å². The van der Waals surface area contributed by atoms with E-state index in [9.17, 15) is 14.4 Å². The first-order valence-corrected chi connectivity index (χ1v) is 8.08. The molecule has 2 aromatic rings. The van der Waals surface area contributed by atoms with Crippen molar-refractivity contribution in [3.63, 3.8) is 0 Å². The molecule has 0 unspecified atom stereocenters. The highest BCUT2D eigenvalue weighted by atomic mass is 16.3. The Hall–Kier alpha value is -3.29. The fourth-order valence-electron chi connectivity index (χ4n) is 2.21. The molecule has 4 N–H and O–H groups in total. The van der Waals surface area contributed by atoms with Crippen LogP contribution in [0.1, 0.15) is 33.0 Å². The molecule has 2 rings (SSSR count). The maximum absolute atomic E-state index is 11.9. The quantitative estimate of drug-likeness (QED) is 0.606. The number of rotatable bonds is 5. The van der Waals surface area contributed by atoms with Crippen LogP contribution in [-0.4, -0.2) is 24.4 Å². The number of hydrogen-bond donors (Lipinski definition) is 4. The molecular weight excluding hydrogens is 336 g/mol. The van der Waals surface area contributed by atoms with Gasteiger partial charge in [-0.25, -0.2) is 4.79 Å². The summed E-state index contributed by atoms with van der Waals surface area (Å²) in [5, 5.41) is 5.06. The number of carbonyl (C=O) groups excluding carboxylic acids is 3. The molecule has 4 amide bonds. The van der Waals surface area contributed by atoms with Crippen LogP contribution < -0.4 is 21.5 Å². The smallest absolute Gasteiger partial charge is 0.315 e. The topological polar surface area (TPSA) is 112 Å². The van der Waals surface area contributed by atoms with Gasteiger partial charge in [0.15, 0.2) is 0 Å². The summed E-state index contributed by atoms with van der Waals surface area (Å²) in [6.07, 6.45) is 0. The third-order valence-electron chi connectivity index (χ3n) is 3.58. The van der Waals surface area contributed by atoms with Gasteiger partial charge in [-0.05, 0) is 32.4 Å². The predicted octanol–water partition coefficient (Wildman–Crippen LogP) is 1.47. The minimum Gasteiger partial charge on any atom is -0.466 e. The SMILES string of the molecule is Cc1ccc(CNC(=O)NCC(=O)NNC(=O)c2cc(C)oc2C)cc1. The molecule has 0 saturated heterocycles. The summed E-state index contributed by atoms with van der Waals surface area (Å²) >= 11 is 0. The van der Waals surface area contributed by atoms with Crippen molar-refractivity contribution in [2.24, 2.45) is 0 Å². The van der Waals surface area contributed by atoms with Crippen molar-refractivity contribution in [2.45, 2.75) is 27.3 Å². The molecule has 1 heterocycles. The van der Waals surface area contributed by atoms with Gasteiger partial charge in [0.1, 0.15) is 18.1 Å². The van der Waals surface area contributed by atoms with Crippen LogP contribution in [0.25, 0.3) is 0 Å². The van der Waals surface area contributed by atoms with Gasteiger partial charge in [0, 0.05) is 6.54 Å². The Morgan fingerprint density at radius 3 is 2.27 bits per heavy atom. The molecule has 138 valence electrons. The van der Waals surface area contributed by atoms with Crippen molar-refractivity contribution in [2.75, 3.05) is 6.54 Å². The van der Waals surface area contributed by atoms with E-state index in [0.717, 1.165) is 11.1 Å². The molecule has 0 radical (unpaired) electrons. The lowest BCUT2D eigenvalue weighted by molar-refractivity contribution is -0.120. The summed E-state index contributed by atoms with van der Waals surface area (Å²) in [7, 11) is 0. The molecular formula is C18H22N4O4. The number of amides is 4. The average molecular weight is 358 g/mol. The maximum Gasteiger partial charge on any atom is 0.315 e. The van der Waals surface area contributed by atoms with Crippen molar-refractivity contribution >= 4 is 17.8 Å². The van der Waals surface area contributed by atoms with Gasteiger partial charge >= 0.3 is 6.03 Å². The van der Waals surface area contributed by atoms with Gasteiger partial charge in [0.25, 0.3) is 11.8 Å². The summed E-state index contributed by atoms with van der Waals surface area (Å²) in [5.74, 6) is 0.0203. The second-order valence-electron chi connectivity index (χ2n) is 5.85. The normalized spacial score (nSPS) is 10.1. The molecule has 0 saturated carbocycles. The van der Waals surface area contributed by atoms with E-state index in [-0.39, 0.29) is 6.54 Å². The molecule has 8 heteroatoms. The molecule has 0 spiro atoms. The van der Waals surface area contributed by atoms with Gasteiger partial charge in [-0.2, -0.15) is 0 Å². The Morgan fingerprint density at radius 2 is 1.65 bits per heavy atom. The lowest BCUT2D eigenvalue weighted by Crippen LogP contribution is -2.47. The fraction of sp³-hybridized carbons (Fsp3) is 0.278. The minimum absolute atomic E-state index is 0.274. The van der Waals surface area contributed by atoms with Crippen molar-refractivity contribution < 1.29 is 18.8 Å². The molecule has 0 fully saturated rings. The Labute approximate surface area is 151 Å². The van der Waals surface area contributed by atoms with Gasteiger partial charge in [0.2, 0.25) is 0 Å². The highest BCUT2D eigenvalue weighted by Crippen LogP contribution is 2.12. The monoisotopic (exact) mass is 358 g/mol. The van der Waals surface area contributed by atoms with Crippen LogP contribution in [0.2, 0.25) is 0 Å². The molecule has 0 aliphatic carbocycles. The number of carbonyl (C=O) groups is 3. The molecule has 0 aliphatic heterocycles. The molecule has 1 aromatic carbocycles. The van der Waals surface area contributed by atoms with Gasteiger partial charge < -0.3 is 15.1 Å². The highest BCUT2D eigenvalue weighted by Gasteiger charge is 2.14. The number of benzene rings is 1. The summed E-state index contributed by atoms with van der Waals surface area (Å²) in [5.41, 5.74) is 6.93. The Balaban J connectivity index is 1.67. The maximum atomic E-state index is 11.9. The summed E-state index contributed by atoms with van der Waals surface area (Å²) in [6, 6.07) is 8.83. The predicted molar refractivity (Wildman–Crippen MR) is 95.2 cm³/mol. The van der Waals surface area contributed by atoms with E-state index < -0.39 is 17.8 Å². The fourth-order valence-corrected chi connectivity index (χ4v) is 2.21. The molecule has 8 nitrogen and oxygen atoms in total. The standard InChI is InChI=1S/C18H22N4O4/c1-11-4-6-14(7-5-11)9-19-18(25)20-10-16(23)21-22-17(24)15-8-12(2)26-13(15)3/h4-8H,9-10H2,1-3H3,(H,21,23)(H,22,24)(H2,19,20,25). The van der Waals surface area contributed by atoms with E-state index in [4.69, 9.17) is 4.42 Å². The lowest BCUT2D eigenvalue weighted by atomic mass is 10.1. The van der Waals surface area contributed by atoms with Crippen LogP contribution >= 0.6 is 0 Å². The van der Waals surface area contributed by atoms with Crippen molar-refractivity contribution in [3.05, 3.63) is 58.5 Å². The van der Waals surface area contributed by atoms with Crippen LogP contribution in [0.4, 0.5) is 4.79 Å². The third kappa shape index (κ3) is 5.66. The van der Waals surface area contributed by atoms with Gasteiger partial charge in [-0.1, -0.05) is 29.8 Å². The lowest BCUT2D eigenvalue weighted by Gasteiger charge is -2.09. The minimum atomic E-state index is -0.554. The highest BCUT2D eigenvalue weighted by molar-refractivity contribution is 5.96. The van der Waals surface area contributed by atoms with E-state index in [1.165, 1.54) is 0 Å². The number of hydrogen-bond acceptors (Lipinski definition) is 4. The number of nitrogens with one attached hydrogen (secondary N) is 4. The van der Waals surface area contributed by atoms with E-state index in [1.807, 2.05) is 31.2 Å². The first-order valence-electron chi connectivity index (χ1n) is 8.08. The molecule has 26 heavy (non-hydrogen) atoms. The average Bonchev–Trinajstić information content (AvgIpc) is 2.95. The largest absolute Gasteiger partial charge is 0.466 e. The van der Waals surface area contributed by atoms with Gasteiger partial charge in [0.05, 0.1) is 5.56 Å². The second kappa shape index (κ2) is 8.70. The van der Waals surface area contributed by atoms with Gasteiger partial charge in [-0.15, -0.1) is 0 Å². The molecule has 1 aromatic heterocycles. The van der Waals surface area contributed by atoms with Crippen LogP contribution in [0.3, 0.4) is 0 Å². The number of hydrazine groups is 1. The van der Waals surface area contributed by atoms with Crippen LogP contribution in [-0.2, 0) is 11.3 Å². The van der Waals surface area contributed by atoms with E-state index >= 15 is 0 Å². The Kier molecular flexibility index (Phi) is 6.37. The summed E-state index contributed by atoms with van der Waals surface area (Å²) in [6.45, 7) is 5.44. The van der Waals surface area contributed by atoms with Crippen LogP contribution in [0.5, 0.6) is 0 Å². The number of urea groups is 1. The summed E-state index contributed by atoms with van der Waals surface area (Å²) < 4.78 is 5.25. The zero-order chi connectivity index (χ0) is 19.1. The summed E-state index contributed by atoms with van der Waals surface area (Å²) in [4.78, 5) is 35.3. The van der Waals surface area contributed by atoms with E-state index in [0.29, 0.717) is 23.6 Å². The van der Waals surface area contributed by atoms with Gasteiger partial charge in [-0.3, -0.25) is 20.4 Å². The first kappa shape index (κ1) is 19.0. The number of aryl methyl sites for hydroxylation is 3. The van der Waals surface area contributed by atoms with E-state index in [1.54, 1.807) is 19.9 Å². The Bertz CT molecular complexity index is 796. The molecule has 0 aliphatic rings. The third-order valence-corrected chi connectivity index (χ3v) is 3.58. The first-order chi connectivity index (χ1) is 12.3.